The Morgan fingerprint density at radius 3 is 2.37 bits per heavy atom. The van der Waals surface area contributed by atoms with E-state index in [1.165, 1.54) is 6.92 Å². The van der Waals surface area contributed by atoms with Crippen molar-refractivity contribution in [2.75, 3.05) is 26.6 Å². The summed E-state index contributed by atoms with van der Waals surface area (Å²) in [6.45, 7) is 0.353. The summed E-state index contributed by atoms with van der Waals surface area (Å²) in [6.07, 6.45) is -10.4. The molecular weight excluding hydrogens is 406 g/mol. The van der Waals surface area contributed by atoms with E-state index in [1.54, 1.807) is 0 Å². The molecule has 174 valence electrons. The van der Waals surface area contributed by atoms with Gasteiger partial charge in [-0.1, -0.05) is 0 Å². The highest BCUT2D eigenvalue weighted by atomic mass is 16.7. The van der Waals surface area contributed by atoms with Crippen molar-refractivity contribution < 1.29 is 54.0 Å². The second-order valence-electron chi connectivity index (χ2n) is 7.68. The molecule has 6 saturated heterocycles. The summed E-state index contributed by atoms with van der Waals surface area (Å²) in [6, 6.07) is 0. The highest BCUT2D eigenvalue weighted by molar-refractivity contribution is 5.72. The fourth-order valence-electron chi connectivity index (χ4n) is 4.03. The minimum absolute atomic E-state index is 0.154. The van der Waals surface area contributed by atoms with Gasteiger partial charge in [-0.3, -0.25) is 4.79 Å². The lowest BCUT2D eigenvalue weighted by Gasteiger charge is -2.47. The van der Waals surface area contributed by atoms with Gasteiger partial charge in [-0.05, 0) is 12.8 Å². The maximum Gasteiger partial charge on any atom is 0.218 e. The van der Waals surface area contributed by atoms with Gasteiger partial charge in [0.1, 0.15) is 55.6 Å². The summed E-state index contributed by atoms with van der Waals surface area (Å²) in [5.41, 5.74) is 0. The number of aliphatic hydroxyl groups is 5. The van der Waals surface area contributed by atoms with Crippen molar-refractivity contribution >= 4 is 5.91 Å². The SMILES string of the molecule is CC(=O)NCO[C@H]1C2CCCO[C@H]3[C@H](O)[C@@H](O)[C@@H](OC([C@@H](CO)O2)[C@@H]1O)O[C@@H]3CO. The van der Waals surface area contributed by atoms with Gasteiger partial charge in [0.25, 0.3) is 0 Å². The van der Waals surface area contributed by atoms with Crippen LogP contribution >= 0.6 is 0 Å². The van der Waals surface area contributed by atoms with Crippen LogP contribution in [-0.4, -0.2) is 119 Å². The lowest BCUT2D eigenvalue weighted by molar-refractivity contribution is -0.344. The smallest absolute Gasteiger partial charge is 0.218 e. The number of rotatable bonds is 5. The van der Waals surface area contributed by atoms with Crippen molar-refractivity contribution in [3.8, 4) is 0 Å². The fourth-order valence-corrected chi connectivity index (χ4v) is 4.03. The monoisotopic (exact) mass is 437 g/mol. The number of ether oxygens (including phenoxy) is 5. The first-order valence-electron chi connectivity index (χ1n) is 10.1. The molecule has 12 nitrogen and oxygen atoms in total. The molecule has 4 bridgehead atoms. The first-order valence-corrected chi connectivity index (χ1v) is 10.1. The van der Waals surface area contributed by atoms with Crippen LogP contribution in [0.2, 0.25) is 0 Å². The standard InChI is InChI=1S/C18H31NO11/c1-8(22)19-7-27-15-9-3-2-4-26-16-10(5-20)29-18(13(24)12(16)23)30-17(14(15)25)11(6-21)28-9/h9-18,20-21,23-25H,2-7H2,1H3,(H,19,22)/t9?,10-,11-,12-,13-,14-,15+,16-,17?,18-/m1/s1. The number of aliphatic hydroxyl groups excluding tert-OH is 5. The second-order valence-corrected chi connectivity index (χ2v) is 7.68. The summed E-state index contributed by atoms with van der Waals surface area (Å²) in [4.78, 5) is 11.1. The maximum absolute atomic E-state index is 11.1. The van der Waals surface area contributed by atoms with E-state index in [-0.39, 0.29) is 19.2 Å². The predicted octanol–water partition coefficient (Wildman–Crippen LogP) is -3.41. The van der Waals surface area contributed by atoms with Crippen molar-refractivity contribution in [1.82, 2.24) is 5.32 Å². The Bertz CT molecular complexity index is 564. The molecule has 0 spiro atoms. The molecule has 0 aromatic carbocycles. The third-order valence-electron chi connectivity index (χ3n) is 5.59. The van der Waals surface area contributed by atoms with Gasteiger partial charge in [0.05, 0.1) is 19.3 Å². The Kier molecular flexibility index (Phi) is 8.38. The number of carbonyl (C=O) groups excluding carboxylic acids is 1. The normalized spacial score (nSPS) is 44.7. The lowest BCUT2D eigenvalue weighted by Crippen LogP contribution is -2.64. The zero-order valence-electron chi connectivity index (χ0n) is 16.7. The minimum atomic E-state index is -1.53. The summed E-state index contributed by atoms with van der Waals surface area (Å²) in [5, 5.41) is 53.7. The van der Waals surface area contributed by atoms with Gasteiger partial charge < -0.3 is 54.5 Å². The number of carbonyl (C=O) groups is 1. The molecule has 6 aliphatic rings. The van der Waals surface area contributed by atoms with Crippen LogP contribution in [0.1, 0.15) is 19.8 Å². The largest absolute Gasteiger partial charge is 0.394 e. The molecule has 0 aliphatic carbocycles. The zero-order chi connectivity index (χ0) is 21.8. The molecule has 30 heavy (non-hydrogen) atoms. The van der Waals surface area contributed by atoms with Crippen molar-refractivity contribution in [3.05, 3.63) is 0 Å². The Balaban J connectivity index is 1.85. The summed E-state index contributed by atoms with van der Waals surface area (Å²) in [7, 11) is 0. The molecule has 12 heteroatoms. The van der Waals surface area contributed by atoms with Crippen LogP contribution in [0, 0.1) is 0 Å². The summed E-state index contributed by atoms with van der Waals surface area (Å²) < 4.78 is 28.5. The van der Waals surface area contributed by atoms with Crippen LogP contribution in [0.5, 0.6) is 0 Å². The van der Waals surface area contributed by atoms with E-state index < -0.39 is 74.4 Å². The molecule has 6 N–H and O–H groups in total. The van der Waals surface area contributed by atoms with Gasteiger partial charge in [0.15, 0.2) is 6.29 Å². The van der Waals surface area contributed by atoms with Gasteiger partial charge >= 0.3 is 0 Å². The molecule has 0 radical (unpaired) electrons. The van der Waals surface area contributed by atoms with Crippen molar-refractivity contribution in [2.24, 2.45) is 0 Å². The Labute approximate surface area is 173 Å². The average Bonchev–Trinajstić information content (AvgIpc) is 2.74. The van der Waals surface area contributed by atoms with Gasteiger partial charge in [-0.15, -0.1) is 0 Å². The van der Waals surface area contributed by atoms with E-state index >= 15 is 0 Å². The second kappa shape index (κ2) is 10.6. The van der Waals surface area contributed by atoms with E-state index in [0.29, 0.717) is 12.8 Å². The van der Waals surface area contributed by atoms with Crippen LogP contribution in [0.3, 0.4) is 0 Å². The summed E-state index contributed by atoms with van der Waals surface area (Å²) >= 11 is 0. The van der Waals surface area contributed by atoms with Gasteiger partial charge in [-0.2, -0.15) is 0 Å². The number of hydrogen-bond acceptors (Lipinski definition) is 11. The van der Waals surface area contributed by atoms with Crippen LogP contribution in [0.25, 0.3) is 0 Å². The fraction of sp³-hybridized carbons (Fsp3) is 0.944. The molecule has 0 aromatic rings. The lowest BCUT2D eigenvalue weighted by atomic mass is 9.92. The zero-order valence-corrected chi connectivity index (χ0v) is 16.7. The van der Waals surface area contributed by atoms with Crippen LogP contribution in [0.4, 0.5) is 0 Å². The molecular formula is C18H31NO11. The Morgan fingerprint density at radius 2 is 1.70 bits per heavy atom. The molecule has 6 rings (SSSR count). The molecule has 0 saturated carbocycles. The molecule has 2 unspecified atom stereocenters. The van der Waals surface area contributed by atoms with Crippen LogP contribution < -0.4 is 5.32 Å². The Morgan fingerprint density at radius 1 is 1.00 bits per heavy atom. The molecule has 0 aromatic heterocycles. The maximum atomic E-state index is 11.1. The third-order valence-corrected chi connectivity index (χ3v) is 5.59. The highest BCUT2D eigenvalue weighted by Gasteiger charge is 2.51. The van der Waals surface area contributed by atoms with E-state index in [0.717, 1.165) is 0 Å². The van der Waals surface area contributed by atoms with E-state index in [4.69, 9.17) is 23.7 Å². The van der Waals surface area contributed by atoms with Crippen molar-refractivity contribution in [2.45, 2.75) is 81.0 Å². The number of nitrogens with one attached hydrogen (secondary N) is 1. The predicted molar refractivity (Wildman–Crippen MR) is 96.9 cm³/mol. The van der Waals surface area contributed by atoms with E-state index in [2.05, 4.69) is 5.32 Å². The quantitative estimate of drug-likeness (QED) is 0.236. The molecule has 1 amide bonds. The third kappa shape index (κ3) is 5.10. The average molecular weight is 437 g/mol. The molecule has 6 aliphatic heterocycles. The van der Waals surface area contributed by atoms with Crippen LogP contribution in [-0.2, 0) is 28.5 Å². The van der Waals surface area contributed by atoms with E-state index in [1.807, 2.05) is 0 Å². The topological polar surface area (TPSA) is 176 Å². The van der Waals surface area contributed by atoms with Crippen molar-refractivity contribution in [1.29, 1.82) is 0 Å². The van der Waals surface area contributed by atoms with Gasteiger partial charge in [-0.25, -0.2) is 0 Å². The number of amides is 1. The molecule has 10 atom stereocenters. The Hall–Kier alpha value is -0.930. The first kappa shape index (κ1) is 23.7. The van der Waals surface area contributed by atoms with Gasteiger partial charge in [0.2, 0.25) is 5.91 Å². The molecule has 6 heterocycles. The highest BCUT2D eigenvalue weighted by Crippen LogP contribution is 2.33. The van der Waals surface area contributed by atoms with E-state index in [9.17, 15) is 30.3 Å². The summed E-state index contributed by atoms with van der Waals surface area (Å²) in [5.74, 6) is -0.310. The first-order chi connectivity index (χ1) is 14.4. The van der Waals surface area contributed by atoms with Crippen molar-refractivity contribution in [3.63, 3.8) is 0 Å². The molecule has 6 fully saturated rings. The van der Waals surface area contributed by atoms with Crippen LogP contribution in [0.15, 0.2) is 0 Å². The minimum Gasteiger partial charge on any atom is -0.394 e. The van der Waals surface area contributed by atoms with Gasteiger partial charge in [0, 0.05) is 13.5 Å². The number of hydrogen-bond donors (Lipinski definition) is 6.